The van der Waals surface area contributed by atoms with E-state index in [9.17, 15) is 18.5 Å². The van der Waals surface area contributed by atoms with Crippen molar-refractivity contribution in [1.82, 2.24) is 0 Å². The summed E-state index contributed by atoms with van der Waals surface area (Å²) in [6.45, 7) is 1.39. The van der Waals surface area contributed by atoms with Gasteiger partial charge in [-0.15, -0.1) is 22.9 Å². The van der Waals surface area contributed by atoms with Crippen molar-refractivity contribution >= 4 is 56.2 Å². The number of benzene rings is 3. The molecule has 3 rings (SSSR count). The fourth-order valence-electron chi connectivity index (χ4n) is 2.74. The lowest BCUT2D eigenvalue weighted by Crippen LogP contribution is -2.06. The van der Waals surface area contributed by atoms with Crippen LogP contribution in [0.2, 0.25) is 0 Å². The van der Waals surface area contributed by atoms with Crippen LogP contribution in [0.5, 0.6) is 0 Å². The predicted molar refractivity (Wildman–Crippen MR) is 114 cm³/mol. The van der Waals surface area contributed by atoms with Crippen LogP contribution in [0.1, 0.15) is 12.5 Å². The highest BCUT2D eigenvalue weighted by Crippen LogP contribution is 2.37. The van der Waals surface area contributed by atoms with Crippen molar-refractivity contribution in [3.63, 3.8) is 0 Å². The van der Waals surface area contributed by atoms with E-state index in [1.165, 1.54) is 25.1 Å². The number of azo groups is 1. The quantitative estimate of drug-likeness (QED) is 0.464. The van der Waals surface area contributed by atoms with Crippen LogP contribution in [0.25, 0.3) is 10.8 Å². The number of nitriles is 1. The molecule has 9 heteroatoms. The number of hydrogen-bond acceptors (Lipinski definition) is 7. The van der Waals surface area contributed by atoms with Crippen LogP contribution in [0, 0.1) is 11.3 Å². The number of carbonyl (C=O) groups is 1. The summed E-state index contributed by atoms with van der Waals surface area (Å²) in [5.74, 6) is -0.249. The third-order valence-corrected chi connectivity index (χ3v) is 5.68. The van der Waals surface area contributed by atoms with E-state index in [1.807, 2.05) is 30.3 Å². The maximum atomic E-state index is 11.7. The van der Waals surface area contributed by atoms with Gasteiger partial charge in [-0.1, -0.05) is 24.3 Å². The molecule has 0 aromatic heterocycles. The molecule has 0 spiro atoms. The minimum Gasteiger partial charge on any atom is -0.325 e. The van der Waals surface area contributed by atoms with Crippen LogP contribution in [-0.4, -0.2) is 20.6 Å². The zero-order valence-corrected chi connectivity index (χ0v) is 17.3. The second-order valence-corrected chi connectivity index (χ2v) is 8.74. The number of fused-ring (bicyclic) bond motifs is 1. The third-order valence-electron chi connectivity index (χ3n) is 4.09. The van der Waals surface area contributed by atoms with Gasteiger partial charge in [0, 0.05) is 23.5 Å². The zero-order chi connectivity index (χ0) is 21.2. The second kappa shape index (κ2) is 8.03. The minimum atomic E-state index is -3.44. The number of nitrogens with one attached hydrogen (secondary N) is 1. The highest BCUT2D eigenvalue weighted by atomic mass is 32.2. The van der Waals surface area contributed by atoms with Crippen LogP contribution >= 0.6 is 12.6 Å². The van der Waals surface area contributed by atoms with Gasteiger partial charge in [0.05, 0.1) is 21.8 Å². The Bertz CT molecular complexity index is 1310. The van der Waals surface area contributed by atoms with Crippen LogP contribution < -0.4 is 5.32 Å². The Kier molecular flexibility index (Phi) is 5.68. The van der Waals surface area contributed by atoms with Gasteiger partial charge in [-0.3, -0.25) is 4.79 Å². The molecule has 1 N–H and O–H groups in total. The summed E-state index contributed by atoms with van der Waals surface area (Å²) in [6.07, 6.45) is 1.07. The number of carbonyl (C=O) groups excluding carboxylic acids is 1. The molecule has 0 bridgehead atoms. The summed E-state index contributed by atoms with van der Waals surface area (Å²) in [4.78, 5) is 12.1. The first-order valence-electron chi connectivity index (χ1n) is 8.39. The average molecular weight is 425 g/mol. The van der Waals surface area contributed by atoms with E-state index in [1.54, 1.807) is 6.07 Å². The molecule has 7 nitrogen and oxygen atoms in total. The Balaban J connectivity index is 2.13. The fourth-order valence-corrected chi connectivity index (χ4v) is 3.70. The lowest BCUT2D eigenvalue weighted by Gasteiger charge is -2.11. The van der Waals surface area contributed by atoms with Crippen LogP contribution in [-0.2, 0) is 14.6 Å². The van der Waals surface area contributed by atoms with Gasteiger partial charge in [-0.25, -0.2) is 8.42 Å². The molecule has 0 radical (unpaired) electrons. The maximum absolute atomic E-state index is 11.7. The number of amides is 1. The van der Waals surface area contributed by atoms with E-state index >= 15 is 0 Å². The summed E-state index contributed by atoms with van der Waals surface area (Å²) < 4.78 is 23.4. The van der Waals surface area contributed by atoms with E-state index < -0.39 is 9.84 Å². The zero-order valence-electron chi connectivity index (χ0n) is 15.5. The highest BCUT2D eigenvalue weighted by molar-refractivity contribution is 7.90. The van der Waals surface area contributed by atoms with E-state index in [0.29, 0.717) is 16.3 Å². The average Bonchev–Trinajstić information content (AvgIpc) is 2.68. The van der Waals surface area contributed by atoms with Gasteiger partial charge >= 0.3 is 0 Å². The number of hydrogen-bond donors (Lipinski definition) is 2. The van der Waals surface area contributed by atoms with Gasteiger partial charge in [0.25, 0.3) is 0 Å². The lowest BCUT2D eigenvalue weighted by molar-refractivity contribution is -0.114. The van der Waals surface area contributed by atoms with E-state index in [2.05, 4.69) is 28.2 Å². The normalized spacial score (nSPS) is 11.5. The molecular formula is C20H16N4O3S2. The summed E-state index contributed by atoms with van der Waals surface area (Å²) in [7, 11) is -3.44. The molecule has 1 amide bonds. The molecule has 3 aromatic carbocycles. The molecule has 0 saturated carbocycles. The molecule has 0 unspecified atom stereocenters. The summed E-state index contributed by atoms with van der Waals surface area (Å²) in [5, 5.41) is 22.0. The largest absolute Gasteiger partial charge is 0.325 e. The first-order valence-corrected chi connectivity index (χ1v) is 10.7. The standard InChI is InChI=1S/C20H16N4O3S2/c1-12(25)22-19-10-18(15-5-3-4-6-16(15)20(19)28)24-23-17-8-7-14(29(2,26)27)9-13(17)11-21/h3-10,28H,1-2H3,(H,22,25)/b24-23+. The summed E-state index contributed by atoms with van der Waals surface area (Å²) in [5.41, 5.74) is 1.29. The predicted octanol–water partition coefficient (Wildman–Crippen LogP) is 4.78. The van der Waals surface area contributed by atoms with Crippen LogP contribution in [0.3, 0.4) is 0 Å². The molecule has 0 aliphatic rings. The summed E-state index contributed by atoms with van der Waals surface area (Å²) >= 11 is 4.51. The molecule has 0 atom stereocenters. The highest BCUT2D eigenvalue weighted by Gasteiger charge is 2.13. The minimum absolute atomic E-state index is 0.0332. The fraction of sp³-hybridized carbons (Fsp3) is 0.100. The molecule has 0 aliphatic carbocycles. The van der Waals surface area contributed by atoms with Gasteiger partial charge in [-0.2, -0.15) is 5.26 Å². The monoisotopic (exact) mass is 424 g/mol. The molecular weight excluding hydrogens is 408 g/mol. The lowest BCUT2D eigenvalue weighted by atomic mass is 10.1. The first kappa shape index (κ1) is 20.5. The number of rotatable bonds is 4. The van der Waals surface area contributed by atoms with Crippen molar-refractivity contribution in [1.29, 1.82) is 5.26 Å². The van der Waals surface area contributed by atoms with Crippen molar-refractivity contribution < 1.29 is 13.2 Å². The van der Waals surface area contributed by atoms with Crippen molar-refractivity contribution in [2.75, 3.05) is 11.6 Å². The Labute approximate surface area is 173 Å². The molecule has 3 aromatic rings. The number of anilines is 1. The smallest absolute Gasteiger partial charge is 0.221 e. The molecule has 0 fully saturated rings. The van der Waals surface area contributed by atoms with Crippen molar-refractivity contribution in [3.05, 3.63) is 54.1 Å². The van der Waals surface area contributed by atoms with E-state index in [-0.39, 0.29) is 22.1 Å². The second-order valence-electron chi connectivity index (χ2n) is 6.28. The van der Waals surface area contributed by atoms with Gasteiger partial charge < -0.3 is 5.32 Å². The van der Waals surface area contributed by atoms with Crippen LogP contribution in [0.4, 0.5) is 17.1 Å². The van der Waals surface area contributed by atoms with Crippen molar-refractivity contribution in [2.45, 2.75) is 16.7 Å². The Hall–Kier alpha value is -3.22. The Morgan fingerprint density at radius 1 is 1.07 bits per heavy atom. The SMILES string of the molecule is CC(=O)Nc1cc(/N=N/c2ccc(S(C)(=O)=O)cc2C#N)c2ccccc2c1S. The topological polar surface area (TPSA) is 112 Å². The Morgan fingerprint density at radius 3 is 2.34 bits per heavy atom. The molecule has 0 heterocycles. The molecule has 0 aliphatic heterocycles. The van der Waals surface area contributed by atoms with Gasteiger partial charge in [0.1, 0.15) is 11.8 Å². The van der Waals surface area contributed by atoms with Crippen LogP contribution in [0.15, 0.2) is 68.6 Å². The van der Waals surface area contributed by atoms with E-state index in [4.69, 9.17) is 0 Å². The van der Waals surface area contributed by atoms with Gasteiger partial charge in [-0.05, 0) is 29.7 Å². The van der Waals surface area contributed by atoms with Crippen molar-refractivity contribution in [2.24, 2.45) is 10.2 Å². The molecule has 146 valence electrons. The first-order chi connectivity index (χ1) is 13.7. The van der Waals surface area contributed by atoms with Crippen molar-refractivity contribution in [3.8, 4) is 6.07 Å². The van der Waals surface area contributed by atoms with E-state index in [0.717, 1.165) is 17.0 Å². The molecule has 29 heavy (non-hydrogen) atoms. The van der Waals surface area contributed by atoms with Gasteiger partial charge in [0.15, 0.2) is 9.84 Å². The molecule has 0 saturated heterocycles. The maximum Gasteiger partial charge on any atom is 0.221 e. The number of sulfone groups is 1. The third kappa shape index (κ3) is 4.45. The van der Waals surface area contributed by atoms with Gasteiger partial charge in [0.2, 0.25) is 5.91 Å². The number of nitrogens with zero attached hydrogens (tertiary/aromatic N) is 3. The number of thiol groups is 1. The summed E-state index contributed by atoms with van der Waals surface area (Å²) in [6, 6.07) is 15.0. The Morgan fingerprint density at radius 2 is 1.72 bits per heavy atom.